The van der Waals surface area contributed by atoms with Gasteiger partial charge in [0.15, 0.2) is 5.65 Å². The molecule has 0 atom stereocenters. The Morgan fingerprint density at radius 3 is 2.63 bits per heavy atom. The van der Waals surface area contributed by atoms with Crippen LogP contribution in [0.2, 0.25) is 0 Å². The van der Waals surface area contributed by atoms with E-state index in [1.807, 2.05) is 30.3 Å². The van der Waals surface area contributed by atoms with Crippen molar-refractivity contribution in [2.45, 2.75) is 20.0 Å². The van der Waals surface area contributed by atoms with E-state index >= 15 is 0 Å². The van der Waals surface area contributed by atoms with Crippen molar-refractivity contribution in [3.63, 3.8) is 0 Å². The summed E-state index contributed by atoms with van der Waals surface area (Å²) in [7, 11) is 1.51. The normalized spacial score (nSPS) is 10.7. The molecule has 0 radical (unpaired) electrons. The number of pyridine rings is 1. The minimum Gasteiger partial charge on any atom is -0.493 e. The van der Waals surface area contributed by atoms with Gasteiger partial charge in [0.1, 0.15) is 17.7 Å². The van der Waals surface area contributed by atoms with E-state index in [-0.39, 0.29) is 17.6 Å². The van der Waals surface area contributed by atoms with E-state index in [1.54, 1.807) is 13.0 Å². The highest BCUT2D eigenvalue weighted by molar-refractivity contribution is 5.81. The highest BCUT2D eigenvalue weighted by Crippen LogP contribution is 2.18. The molecule has 0 saturated heterocycles. The predicted octanol–water partition coefficient (Wildman–Crippen LogP) is 0.810. The zero-order chi connectivity index (χ0) is 19.4. The first-order valence-electron chi connectivity index (χ1n) is 8.55. The van der Waals surface area contributed by atoms with Crippen LogP contribution < -0.4 is 21.3 Å². The molecule has 8 heteroatoms. The summed E-state index contributed by atoms with van der Waals surface area (Å²) in [6, 6.07) is 10.9. The van der Waals surface area contributed by atoms with Crippen LogP contribution in [-0.4, -0.2) is 26.6 Å². The number of aromatic nitrogens is 3. The number of carbonyl (C=O) groups excluding carboxylic acids is 1. The average molecular weight is 368 g/mol. The van der Waals surface area contributed by atoms with Crippen molar-refractivity contribution in [1.29, 1.82) is 0 Å². The quantitative estimate of drug-likeness (QED) is 0.695. The Morgan fingerprint density at radius 2 is 1.93 bits per heavy atom. The van der Waals surface area contributed by atoms with Gasteiger partial charge in [0, 0.05) is 19.8 Å². The first-order valence-corrected chi connectivity index (χ1v) is 8.55. The smallest absolute Gasteiger partial charge is 0.332 e. The molecule has 1 amide bonds. The second-order valence-electron chi connectivity index (χ2n) is 5.94. The lowest BCUT2D eigenvalue weighted by molar-refractivity contribution is -0.121. The summed E-state index contributed by atoms with van der Waals surface area (Å²) >= 11 is 0. The SMILES string of the molecule is CCOc1ccnc2c1c(=O)n(CC(=O)NCc1ccccc1)c(=O)n2C. The van der Waals surface area contributed by atoms with Gasteiger partial charge in [0.2, 0.25) is 5.91 Å². The van der Waals surface area contributed by atoms with Gasteiger partial charge in [0.25, 0.3) is 5.56 Å². The van der Waals surface area contributed by atoms with Gasteiger partial charge in [-0.05, 0) is 18.6 Å². The Morgan fingerprint density at radius 1 is 1.19 bits per heavy atom. The van der Waals surface area contributed by atoms with Crippen LogP contribution in [0.3, 0.4) is 0 Å². The fraction of sp³-hybridized carbons (Fsp3) is 0.263. The molecule has 0 spiro atoms. The number of amides is 1. The third-order valence-corrected chi connectivity index (χ3v) is 4.12. The Balaban J connectivity index is 1.94. The van der Waals surface area contributed by atoms with Crippen molar-refractivity contribution in [2.75, 3.05) is 6.61 Å². The first kappa shape index (κ1) is 18.4. The van der Waals surface area contributed by atoms with Crippen molar-refractivity contribution in [1.82, 2.24) is 19.4 Å². The number of carbonyl (C=O) groups is 1. The number of nitrogens with zero attached hydrogens (tertiary/aromatic N) is 3. The number of hydrogen-bond donors (Lipinski definition) is 1. The zero-order valence-electron chi connectivity index (χ0n) is 15.1. The maximum atomic E-state index is 12.9. The molecule has 0 aliphatic carbocycles. The van der Waals surface area contributed by atoms with Crippen LogP contribution >= 0.6 is 0 Å². The number of nitrogens with one attached hydrogen (secondary N) is 1. The van der Waals surface area contributed by atoms with E-state index in [4.69, 9.17) is 4.74 Å². The maximum absolute atomic E-state index is 12.9. The molecule has 3 aromatic rings. The largest absolute Gasteiger partial charge is 0.493 e. The number of aryl methyl sites for hydroxylation is 1. The van der Waals surface area contributed by atoms with Gasteiger partial charge < -0.3 is 10.1 Å². The van der Waals surface area contributed by atoms with Crippen LogP contribution in [0.15, 0.2) is 52.2 Å². The van der Waals surface area contributed by atoms with Crippen molar-refractivity contribution in [2.24, 2.45) is 7.05 Å². The molecular formula is C19H20N4O4. The van der Waals surface area contributed by atoms with Crippen molar-refractivity contribution < 1.29 is 9.53 Å². The highest BCUT2D eigenvalue weighted by atomic mass is 16.5. The summed E-state index contributed by atoms with van der Waals surface area (Å²) in [6.07, 6.45) is 1.48. The molecule has 140 valence electrons. The highest BCUT2D eigenvalue weighted by Gasteiger charge is 2.17. The number of rotatable bonds is 6. The fourth-order valence-electron chi connectivity index (χ4n) is 2.79. The lowest BCUT2D eigenvalue weighted by Gasteiger charge is -2.12. The van der Waals surface area contributed by atoms with Crippen LogP contribution in [0, 0.1) is 0 Å². The number of benzene rings is 1. The van der Waals surface area contributed by atoms with Crippen LogP contribution in [-0.2, 0) is 24.9 Å². The first-order chi connectivity index (χ1) is 13.0. The molecular weight excluding hydrogens is 348 g/mol. The molecule has 0 bridgehead atoms. The molecule has 0 fully saturated rings. The monoisotopic (exact) mass is 368 g/mol. The molecule has 8 nitrogen and oxygen atoms in total. The summed E-state index contributed by atoms with van der Waals surface area (Å²) < 4.78 is 7.63. The zero-order valence-corrected chi connectivity index (χ0v) is 15.1. The standard InChI is InChI=1S/C19H20N4O4/c1-3-27-14-9-10-20-17-16(14)18(25)23(19(26)22(17)2)12-15(24)21-11-13-7-5-4-6-8-13/h4-10H,3,11-12H2,1-2H3,(H,21,24). The second kappa shape index (κ2) is 7.86. The Kier molecular flexibility index (Phi) is 5.35. The van der Waals surface area contributed by atoms with E-state index in [9.17, 15) is 14.4 Å². The molecule has 2 heterocycles. The number of fused-ring (bicyclic) bond motifs is 1. The molecule has 1 aromatic carbocycles. The van der Waals surface area contributed by atoms with E-state index in [0.29, 0.717) is 18.9 Å². The summed E-state index contributed by atoms with van der Waals surface area (Å²) in [6.45, 7) is 2.09. The van der Waals surface area contributed by atoms with Crippen LogP contribution in [0.25, 0.3) is 11.0 Å². The number of hydrogen-bond acceptors (Lipinski definition) is 5. The Labute approximate surface area is 155 Å². The third kappa shape index (κ3) is 3.74. The van der Waals surface area contributed by atoms with Crippen LogP contribution in [0.4, 0.5) is 0 Å². The minimum atomic E-state index is -0.608. The van der Waals surface area contributed by atoms with E-state index in [2.05, 4.69) is 10.3 Å². The molecule has 0 saturated carbocycles. The summed E-state index contributed by atoms with van der Waals surface area (Å²) in [4.78, 5) is 41.8. The number of ether oxygens (including phenoxy) is 1. The summed E-state index contributed by atoms with van der Waals surface area (Å²) in [5, 5.41) is 2.89. The van der Waals surface area contributed by atoms with Gasteiger partial charge in [-0.15, -0.1) is 0 Å². The van der Waals surface area contributed by atoms with Gasteiger partial charge in [0.05, 0.1) is 6.61 Å². The van der Waals surface area contributed by atoms with Gasteiger partial charge in [-0.1, -0.05) is 30.3 Å². The Bertz CT molecular complexity index is 1090. The Hall–Kier alpha value is -3.42. The third-order valence-electron chi connectivity index (χ3n) is 4.12. The van der Waals surface area contributed by atoms with Crippen LogP contribution in [0.1, 0.15) is 12.5 Å². The molecule has 0 unspecified atom stereocenters. The predicted molar refractivity (Wildman–Crippen MR) is 101 cm³/mol. The molecule has 1 N–H and O–H groups in total. The van der Waals surface area contributed by atoms with E-state index in [0.717, 1.165) is 10.1 Å². The fourth-order valence-corrected chi connectivity index (χ4v) is 2.79. The second-order valence-corrected chi connectivity index (χ2v) is 5.94. The average Bonchev–Trinajstić information content (AvgIpc) is 2.69. The van der Waals surface area contributed by atoms with E-state index in [1.165, 1.54) is 17.8 Å². The van der Waals surface area contributed by atoms with Gasteiger partial charge >= 0.3 is 5.69 Å². The van der Waals surface area contributed by atoms with Crippen molar-refractivity contribution in [3.8, 4) is 5.75 Å². The summed E-state index contributed by atoms with van der Waals surface area (Å²) in [5.41, 5.74) is -0.0626. The van der Waals surface area contributed by atoms with Gasteiger partial charge in [-0.25, -0.2) is 14.3 Å². The minimum absolute atomic E-state index is 0.178. The maximum Gasteiger partial charge on any atom is 0.332 e. The molecule has 0 aliphatic rings. The van der Waals surface area contributed by atoms with Crippen molar-refractivity contribution >= 4 is 16.9 Å². The lowest BCUT2D eigenvalue weighted by Crippen LogP contribution is -2.43. The van der Waals surface area contributed by atoms with Gasteiger partial charge in [-0.3, -0.25) is 14.2 Å². The molecule has 2 aromatic heterocycles. The summed E-state index contributed by atoms with van der Waals surface area (Å²) in [5.74, 6) is -0.0965. The molecule has 0 aliphatic heterocycles. The van der Waals surface area contributed by atoms with Crippen molar-refractivity contribution in [3.05, 3.63) is 69.0 Å². The van der Waals surface area contributed by atoms with Crippen LogP contribution in [0.5, 0.6) is 5.75 Å². The molecule has 3 rings (SSSR count). The molecule has 27 heavy (non-hydrogen) atoms. The lowest BCUT2D eigenvalue weighted by atomic mass is 10.2. The topological polar surface area (TPSA) is 95.2 Å². The van der Waals surface area contributed by atoms with Gasteiger partial charge in [-0.2, -0.15) is 0 Å². The van der Waals surface area contributed by atoms with E-state index < -0.39 is 17.2 Å².